The predicted octanol–water partition coefficient (Wildman–Crippen LogP) is 2.60. The Morgan fingerprint density at radius 2 is 2.44 bits per heavy atom. The minimum Gasteiger partial charge on any atom is -0.377 e. The van der Waals surface area contributed by atoms with Gasteiger partial charge in [0.15, 0.2) is 0 Å². The van der Waals surface area contributed by atoms with Crippen LogP contribution in [0.4, 0.5) is 5.82 Å². The normalized spacial score (nSPS) is 20.6. The number of ether oxygens (including phenoxy) is 1. The third-order valence-corrected chi connectivity index (χ3v) is 4.82. The maximum Gasteiger partial charge on any atom is 0.141 e. The van der Waals surface area contributed by atoms with E-state index in [9.17, 15) is 0 Å². The number of fused-ring (bicyclic) bond motifs is 1. The Hall–Kier alpha value is -0.720. The molecule has 3 rings (SSSR count). The Morgan fingerprint density at radius 1 is 1.56 bits per heavy atom. The van der Waals surface area contributed by atoms with Crippen LogP contribution in [0.5, 0.6) is 0 Å². The molecule has 0 N–H and O–H groups in total. The molecule has 0 radical (unpaired) electrons. The first-order chi connectivity index (χ1) is 8.79. The van der Waals surface area contributed by atoms with Crippen molar-refractivity contribution in [2.24, 2.45) is 0 Å². The molecule has 0 spiro atoms. The number of hydrogen-bond acceptors (Lipinski definition) is 5. The topological polar surface area (TPSA) is 38.2 Å². The van der Waals surface area contributed by atoms with Gasteiger partial charge in [-0.05, 0) is 13.0 Å². The molecule has 0 amide bonds. The van der Waals surface area contributed by atoms with Gasteiger partial charge in [-0.15, -0.1) is 11.3 Å². The summed E-state index contributed by atoms with van der Waals surface area (Å²) < 4.78 is 5.53. The van der Waals surface area contributed by atoms with Gasteiger partial charge >= 0.3 is 0 Å². The van der Waals surface area contributed by atoms with E-state index < -0.39 is 0 Å². The maximum atomic E-state index is 5.53. The Morgan fingerprint density at radius 3 is 3.28 bits per heavy atom. The summed E-state index contributed by atoms with van der Waals surface area (Å²) in [6.07, 6.45) is 1.66. The van der Waals surface area contributed by atoms with E-state index in [4.69, 9.17) is 4.74 Å². The Labute approximate surface area is 118 Å². The van der Waals surface area contributed by atoms with Gasteiger partial charge < -0.3 is 9.64 Å². The second kappa shape index (κ2) is 5.11. The molecular formula is C12H14BrN3OS. The molecule has 1 atom stereocenters. The molecule has 96 valence electrons. The molecule has 1 saturated heterocycles. The van der Waals surface area contributed by atoms with Crippen LogP contribution in [0.25, 0.3) is 10.2 Å². The largest absolute Gasteiger partial charge is 0.377 e. The van der Waals surface area contributed by atoms with Crippen LogP contribution in [0.3, 0.4) is 0 Å². The van der Waals surface area contributed by atoms with Gasteiger partial charge in [0.25, 0.3) is 0 Å². The van der Waals surface area contributed by atoms with Gasteiger partial charge in [-0.2, -0.15) is 0 Å². The summed E-state index contributed by atoms with van der Waals surface area (Å²) >= 11 is 5.27. The van der Waals surface area contributed by atoms with Gasteiger partial charge in [-0.25, -0.2) is 9.97 Å². The van der Waals surface area contributed by atoms with E-state index in [0.717, 1.165) is 41.1 Å². The average molecular weight is 328 g/mol. The summed E-state index contributed by atoms with van der Waals surface area (Å²) in [6.45, 7) is 4.51. The zero-order valence-corrected chi connectivity index (χ0v) is 12.5. The van der Waals surface area contributed by atoms with Crippen molar-refractivity contribution in [1.82, 2.24) is 9.97 Å². The molecular weight excluding hydrogens is 314 g/mol. The summed E-state index contributed by atoms with van der Waals surface area (Å²) in [5, 5.41) is 2.05. The highest BCUT2D eigenvalue weighted by Gasteiger charge is 2.25. The summed E-state index contributed by atoms with van der Waals surface area (Å²) in [5.41, 5.74) is 0. The van der Waals surface area contributed by atoms with E-state index in [1.165, 1.54) is 4.88 Å². The molecule has 1 fully saturated rings. The highest BCUT2D eigenvalue weighted by atomic mass is 79.9. The third-order valence-electron chi connectivity index (χ3n) is 3.11. The summed E-state index contributed by atoms with van der Waals surface area (Å²) in [7, 11) is 0. The minimum atomic E-state index is 0.344. The van der Waals surface area contributed by atoms with E-state index in [1.807, 2.05) is 0 Å². The molecule has 2 aromatic rings. The zero-order valence-electron chi connectivity index (χ0n) is 10.1. The highest BCUT2D eigenvalue weighted by molar-refractivity contribution is 9.09. The Bertz CT molecular complexity index is 559. The fraction of sp³-hybridized carbons (Fsp3) is 0.500. The number of morpholine rings is 1. The van der Waals surface area contributed by atoms with E-state index >= 15 is 0 Å². The number of nitrogens with zero attached hydrogens (tertiary/aromatic N) is 3. The molecule has 1 aliphatic heterocycles. The standard InChI is InChI=1S/C12H14BrN3OS/c1-8-4-10-11(14-7-15-12(10)18-8)16-2-3-17-6-9(16)5-13/h4,7,9H,2-3,5-6H2,1H3. The Balaban J connectivity index is 2.06. The number of anilines is 1. The second-order valence-corrected chi connectivity index (χ2v) is 6.23. The lowest BCUT2D eigenvalue weighted by Crippen LogP contribution is -2.47. The van der Waals surface area contributed by atoms with Gasteiger partial charge in [0, 0.05) is 16.8 Å². The van der Waals surface area contributed by atoms with Gasteiger partial charge in [0.2, 0.25) is 0 Å². The Kier molecular flexibility index (Phi) is 3.50. The van der Waals surface area contributed by atoms with Crippen LogP contribution in [0.1, 0.15) is 4.88 Å². The van der Waals surface area contributed by atoms with Crippen molar-refractivity contribution >= 4 is 43.3 Å². The fourth-order valence-electron chi connectivity index (χ4n) is 2.25. The number of rotatable bonds is 2. The van der Waals surface area contributed by atoms with Gasteiger partial charge in [-0.3, -0.25) is 0 Å². The predicted molar refractivity (Wildman–Crippen MR) is 77.9 cm³/mol. The van der Waals surface area contributed by atoms with Crippen LogP contribution >= 0.6 is 27.3 Å². The minimum absolute atomic E-state index is 0.344. The zero-order chi connectivity index (χ0) is 12.5. The third kappa shape index (κ3) is 2.13. The van der Waals surface area contributed by atoms with Crippen molar-refractivity contribution in [1.29, 1.82) is 0 Å². The fourth-order valence-corrected chi connectivity index (χ4v) is 3.63. The first-order valence-electron chi connectivity index (χ1n) is 5.91. The molecule has 0 aromatic carbocycles. The molecule has 0 saturated carbocycles. The highest BCUT2D eigenvalue weighted by Crippen LogP contribution is 2.31. The number of hydrogen-bond donors (Lipinski definition) is 0. The molecule has 3 heterocycles. The smallest absolute Gasteiger partial charge is 0.141 e. The molecule has 1 aliphatic rings. The lowest BCUT2D eigenvalue weighted by atomic mass is 10.2. The molecule has 18 heavy (non-hydrogen) atoms. The van der Waals surface area contributed by atoms with Crippen molar-refractivity contribution in [3.8, 4) is 0 Å². The molecule has 4 nitrogen and oxygen atoms in total. The summed E-state index contributed by atoms with van der Waals surface area (Å²) in [5.74, 6) is 1.04. The lowest BCUT2D eigenvalue weighted by molar-refractivity contribution is 0.100. The molecule has 0 aliphatic carbocycles. The van der Waals surface area contributed by atoms with Crippen molar-refractivity contribution in [2.45, 2.75) is 13.0 Å². The van der Waals surface area contributed by atoms with Gasteiger partial charge in [0.05, 0.1) is 24.6 Å². The average Bonchev–Trinajstić information content (AvgIpc) is 2.78. The first kappa shape index (κ1) is 12.3. The monoisotopic (exact) mass is 327 g/mol. The summed E-state index contributed by atoms with van der Waals surface area (Å²) in [6, 6.07) is 2.52. The van der Waals surface area contributed by atoms with Gasteiger partial charge in [0.1, 0.15) is 17.0 Å². The number of aromatic nitrogens is 2. The van der Waals surface area contributed by atoms with Gasteiger partial charge in [-0.1, -0.05) is 15.9 Å². The van der Waals surface area contributed by atoms with E-state index in [0.29, 0.717) is 6.04 Å². The maximum absolute atomic E-state index is 5.53. The number of thiophene rings is 1. The molecule has 2 aromatic heterocycles. The van der Waals surface area contributed by atoms with Crippen molar-refractivity contribution in [3.63, 3.8) is 0 Å². The van der Waals surface area contributed by atoms with Crippen molar-refractivity contribution in [2.75, 3.05) is 30.0 Å². The number of halogens is 1. The lowest BCUT2D eigenvalue weighted by Gasteiger charge is -2.35. The number of alkyl halides is 1. The quantitative estimate of drug-likeness (QED) is 0.795. The van der Waals surface area contributed by atoms with E-state index in [1.54, 1.807) is 17.7 Å². The van der Waals surface area contributed by atoms with Crippen LogP contribution in [0.15, 0.2) is 12.4 Å². The van der Waals surface area contributed by atoms with Crippen LogP contribution in [0, 0.1) is 6.92 Å². The first-order valence-corrected chi connectivity index (χ1v) is 7.85. The number of aryl methyl sites for hydroxylation is 1. The van der Waals surface area contributed by atoms with Crippen molar-refractivity contribution in [3.05, 3.63) is 17.3 Å². The SMILES string of the molecule is Cc1cc2c(N3CCOCC3CBr)ncnc2s1. The van der Waals surface area contributed by atoms with Crippen LogP contribution < -0.4 is 4.90 Å². The summed E-state index contributed by atoms with van der Waals surface area (Å²) in [4.78, 5) is 13.5. The van der Waals surface area contributed by atoms with Crippen LogP contribution in [-0.4, -0.2) is 41.1 Å². The van der Waals surface area contributed by atoms with Crippen molar-refractivity contribution < 1.29 is 4.74 Å². The molecule has 0 bridgehead atoms. The van der Waals surface area contributed by atoms with E-state index in [-0.39, 0.29) is 0 Å². The van der Waals surface area contributed by atoms with E-state index in [2.05, 4.69) is 43.8 Å². The molecule has 1 unspecified atom stereocenters. The second-order valence-electron chi connectivity index (χ2n) is 4.35. The van der Waals surface area contributed by atoms with Crippen LogP contribution in [-0.2, 0) is 4.74 Å². The van der Waals surface area contributed by atoms with Crippen LogP contribution in [0.2, 0.25) is 0 Å². The molecule has 6 heteroatoms.